The molecule has 0 atom stereocenters. The van der Waals surface area contributed by atoms with Crippen molar-refractivity contribution in [1.82, 2.24) is 20.3 Å². The van der Waals surface area contributed by atoms with E-state index in [-0.39, 0.29) is 5.91 Å². The molecule has 2 aromatic heterocycles. The monoisotopic (exact) mass is 368 g/mol. The van der Waals surface area contributed by atoms with Crippen molar-refractivity contribution in [2.45, 2.75) is 39.2 Å². The van der Waals surface area contributed by atoms with Gasteiger partial charge in [-0.25, -0.2) is 9.97 Å². The molecule has 1 aliphatic heterocycles. The van der Waals surface area contributed by atoms with Gasteiger partial charge >= 0.3 is 0 Å². The van der Waals surface area contributed by atoms with Crippen LogP contribution in [0.4, 0.5) is 11.6 Å². The lowest BCUT2D eigenvalue weighted by Crippen LogP contribution is -2.34. The Morgan fingerprint density at radius 2 is 2.00 bits per heavy atom. The minimum Gasteiger partial charge on any atom is -0.370 e. The maximum atomic E-state index is 12.1. The number of rotatable bonds is 8. The molecule has 3 heterocycles. The van der Waals surface area contributed by atoms with Gasteiger partial charge in [-0.15, -0.1) is 0 Å². The zero-order valence-electron chi connectivity index (χ0n) is 15.9. The summed E-state index contributed by atoms with van der Waals surface area (Å²) in [6.45, 7) is 5.43. The van der Waals surface area contributed by atoms with Crippen molar-refractivity contribution in [2.24, 2.45) is 5.92 Å². The van der Waals surface area contributed by atoms with Crippen molar-refractivity contribution >= 4 is 17.5 Å². The SMILES string of the molecule is CCNc1cc(N2CCC(CCC(=O)NCc3ccncc3)CC2)ncn1. The molecular weight excluding hydrogens is 340 g/mol. The van der Waals surface area contributed by atoms with Crippen LogP contribution in [0.25, 0.3) is 0 Å². The number of carbonyl (C=O) groups is 1. The molecule has 2 N–H and O–H groups in total. The molecule has 27 heavy (non-hydrogen) atoms. The molecule has 2 aromatic rings. The number of piperidine rings is 1. The standard InChI is InChI=1S/C20H28N6O/c1-2-22-18-13-19(25-15-24-18)26-11-7-16(8-12-26)3-4-20(27)23-14-17-5-9-21-10-6-17/h5-6,9-10,13,15-16H,2-4,7-8,11-12,14H2,1H3,(H,23,27)(H,22,24,25). The van der Waals surface area contributed by atoms with Crippen molar-refractivity contribution < 1.29 is 4.79 Å². The summed E-state index contributed by atoms with van der Waals surface area (Å²) in [7, 11) is 0. The average Bonchev–Trinajstić information content (AvgIpc) is 2.72. The quantitative estimate of drug-likeness (QED) is 0.745. The maximum Gasteiger partial charge on any atom is 0.220 e. The van der Waals surface area contributed by atoms with Gasteiger partial charge in [0.1, 0.15) is 18.0 Å². The zero-order chi connectivity index (χ0) is 18.9. The summed E-state index contributed by atoms with van der Waals surface area (Å²) >= 11 is 0. The zero-order valence-corrected chi connectivity index (χ0v) is 15.9. The number of nitrogens with zero attached hydrogens (tertiary/aromatic N) is 4. The van der Waals surface area contributed by atoms with Gasteiger partial charge in [0.05, 0.1) is 0 Å². The van der Waals surface area contributed by atoms with Gasteiger partial charge in [-0.1, -0.05) is 0 Å². The van der Waals surface area contributed by atoms with Crippen LogP contribution in [0.15, 0.2) is 36.9 Å². The molecule has 1 aliphatic rings. The highest BCUT2D eigenvalue weighted by Gasteiger charge is 2.21. The Morgan fingerprint density at radius 3 is 2.74 bits per heavy atom. The predicted octanol–water partition coefficient (Wildman–Crippen LogP) is 2.62. The average molecular weight is 368 g/mol. The van der Waals surface area contributed by atoms with Crippen LogP contribution in [0.5, 0.6) is 0 Å². The van der Waals surface area contributed by atoms with Gasteiger partial charge in [-0.2, -0.15) is 0 Å². The fourth-order valence-corrected chi connectivity index (χ4v) is 3.37. The summed E-state index contributed by atoms with van der Waals surface area (Å²) in [5, 5.41) is 6.22. The molecule has 7 nitrogen and oxygen atoms in total. The Balaban J connectivity index is 1.38. The van der Waals surface area contributed by atoms with Crippen LogP contribution in [-0.4, -0.2) is 40.5 Å². The van der Waals surface area contributed by atoms with Gasteiger partial charge < -0.3 is 15.5 Å². The first-order valence-corrected chi connectivity index (χ1v) is 9.71. The molecule has 0 bridgehead atoms. The third-order valence-electron chi connectivity index (χ3n) is 4.97. The number of aromatic nitrogens is 3. The summed E-state index contributed by atoms with van der Waals surface area (Å²) in [5.41, 5.74) is 1.08. The molecule has 1 saturated heterocycles. The van der Waals surface area contributed by atoms with E-state index in [9.17, 15) is 4.79 Å². The Morgan fingerprint density at radius 1 is 1.22 bits per heavy atom. The van der Waals surface area contributed by atoms with E-state index in [0.717, 1.165) is 56.1 Å². The minimum atomic E-state index is 0.125. The van der Waals surface area contributed by atoms with Crippen LogP contribution < -0.4 is 15.5 Å². The molecule has 1 amide bonds. The maximum absolute atomic E-state index is 12.1. The molecule has 7 heteroatoms. The van der Waals surface area contributed by atoms with E-state index in [1.165, 1.54) is 0 Å². The van der Waals surface area contributed by atoms with Crippen LogP contribution in [-0.2, 0) is 11.3 Å². The second kappa shape index (κ2) is 9.85. The van der Waals surface area contributed by atoms with Crippen molar-refractivity contribution in [3.05, 3.63) is 42.5 Å². The normalized spacial score (nSPS) is 14.8. The number of hydrogen-bond acceptors (Lipinski definition) is 6. The third-order valence-corrected chi connectivity index (χ3v) is 4.97. The highest BCUT2D eigenvalue weighted by Crippen LogP contribution is 2.25. The Hall–Kier alpha value is -2.70. The first-order chi connectivity index (χ1) is 13.2. The number of pyridine rings is 1. The number of carbonyl (C=O) groups excluding carboxylic acids is 1. The largest absolute Gasteiger partial charge is 0.370 e. The van der Waals surface area contributed by atoms with Gasteiger partial charge in [-0.05, 0) is 49.8 Å². The minimum absolute atomic E-state index is 0.125. The van der Waals surface area contributed by atoms with E-state index in [4.69, 9.17) is 0 Å². The third kappa shape index (κ3) is 5.91. The lowest BCUT2D eigenvalue weighted by Gasteiger charge is -2.32. The summed E-state index contributed by atoms with van der Waals surface area (Å²) in [6, 6.07) is 5.85. The van der Waals surface area contributed by atoms with E-state index in [2.05, 4.69) is 37.4 Å². The van der Waals surface area contributed by atoms with Crippen molar-refractivity contribution in [2.75, 3.05) is 29.9 Å². The number of nitrogens with one attached hydrogen (secondary N) is 2. The fraction of sp³-hybridized carbons (Fsp3) is 0.500. The molecule has 0 radical (unpaired) electrons. The molecule has 0 aliphatic carbocycles. The summed E-state index contributed by atoms with van der Waals surface area (Å²) < 4.78 is 0. The van der Waals surface area contributed by atoms with Crippen molar-refractivity contribution in [1.29, 1.82) is 0 Å². The first kappa shape index (κ1) is 19.1. The second-order valence-corrected chi connectivity index (χ2v) is 6.89. The molecule has 3 rings (SSSR count). The first-order valence-electron chi connectivity index (χ1n) is 9.71. The second-order valence-electron chi connectivity index (χ2n) is 6.89. The highest BCUT2D eigenvalue weighted by atomic mass is 16.1. The van der Waals surface area contributed by atoms with E-state index < -0.39 is 0 Å². The van der Waals surface area contributed by atoms with Crippen LogP contribution in [0.2, 0.25) is 0 Å². The van der Waals surface area contributed by atoms with E-state index in [0.29, 0.717) is 18.9 Å². The van der Waals surface area contributed by atoms with E-state index in [1.54, 1.807) is 18.7 Å². The number of hydrogen-bond donors (Lipinski definition) is 2. The topological polar surface area (TPSA) is 83.0 Å². The lowest BCUT2D eigenvalue weighted by atomic mass is 9.92. The fourth-order valence-electron chi connectivity index (χ4n) is 3.37. The van der Waals surface area contributed by atoms with Gasteiger partial charge in [0.2, 0.25) is 5.91 Å². The Labute approximate surface area is 160 Å². The van der Waals surface area contributed by atoms with Gasteiger partial charge in [0.15, 0.2) is 0 Å². The number of anilines is 2. The summed E-state index contributed by atoms with van der Waals surface area (Å²) in [4.78, 5) is 27.0. The highest BCUT2D eigenvalue weighted by molar-refractivity contribution is 5.75. The van der Waals surface area contributed by atoms with Crippen LogP contribution in [0.3, 0.4) is 0 Å². The van der Waals surface area contributed by atoms with E-state index >= 15 is 0 Å². The molecule has 144 valence electrons. The molecule has 0 aromatic carbocycles. The van der Waals surface area contributed by atoms with Gasteiger partial charge in [0, 0.05) is 51.1 Å². The van der Waals surface area contributed by atoms with Crippen molar-refractivity contribution in [3.8, 4) is 0 Å². The van der Waals surface area contributed by atoms with Crippen molar-refractivity contribution in [3.63, 3.8) is 0 Å². The molecule has 1 fully saturated rings. The Kier molecular flexibility index (Phi) is 6.96. The Bertz CT molecular complexity index is 715. The van der Waals surface area contributed by atoms with Crippen LogP contribution >= 0.6 is 0 Å². The predicted molar refractivity (Wildman–Crippen MR) is 106 cm³/mol. The lowest BCUT2D eigenvalue weighted by molar-refractivity contribution is -0.121. The van der Waals surface area contributed by atoms with Gasteiger partial charge in [0.25, 0.3) is 0 Å². The number of amides is 1. The summed E-state index contributed by atoms with van der Waals surface area (Å²) in [5.74, 6) is 2.58. The summed E-state index contributed by atoms with van der Waals surface area (Å²) in [6.07, 6.45) is 8.83. The van der Waals surface area contributed by atoms with Crippen LogP contribution in [0, 0.1) is 5.92 Å². The van der Waals surface area contributed by atoms with E-state index in [1.807, 2.05) is 18.2 Å². The molecule has 0 spiro atoms. The molecule has 0 unspecified atom stereocenters. The van der Waals surface area contributed by atoms with Crippen LogP contribution in [0.1, 0.15) is 38.2 Å². The molecular formula is C20H28N6O. The smallest absolute Gasteiger partial charge is 0.220 e. The van der Waals surface area contributed by atoms with Gasteiger partial charge in [-0.3, -0.25) is 9.78 Å². The molecule has 0 saturated carbocycles.